The van der Waals surface area contributed by atoms with Crippen LogP contribution in [0.25, 0.3) is 6.08 Å². The highest BCUT2D eigenvalue weighted by Crippen LogP contribution is 2.30. The minimum atomic E-state index is -3.90. The SMILES string of the molecule is COc1cc(C=C(C#N)S(=O)(=O)c2ccccc2)ccc1OCc1ccc(C)cc1. The van der Waals surface area contributed by atoms with Gasteiger partial charge in [-0.2, -0.15) is 5.26 Å². The van der Waals surface area contributed by atoms with Crippen molar-refractivity contribution in [1.82, 2.24) is 0 Å². The van der Waals surface area contributed by atoms with E-state index in [1.54, 1.807) is 42.5 Å². The summed E-state index contributed by atoms with van der Waals surface area (Å²) in [5.74, 6) is 0.977. The van der Waals surface area contributed by atoms with Gasteiger partial charge in [-0.3, -0.25) is 0 Å². The van der Waals surface area contributed by atoms with Crippen LogP contribution < -0.4 is 9.47 Å². The summed E-state index contributed by atoms with van der Waals surface area (Å²) in [5, 5.41) is 9.44. The third-order valence-electron chi connectivity index (χ3n) is 4.45. The molecule has 0 radical (unpaired) electrons. The molecule has 0 saturated heterocycles. The highest BCUT2D eigenvalue weighted by atomic mass is 32.2. The molecule has 5 nitrogen and oxygen atoms in total. The monoisotopic (exact) mass is 419 g/mol. The zero-order chi connectivity index (χ0) is 21.6. The van der Waals surface area contributed by atoms with E-state index in [4.69, 9.17) is 9.47 Å². The highest BCUT2D eigenvalue weighted by molar-refractivity contribution is 7.95. The maximum atomic E-state index is 12.7. The number of nitriles is 1. The average Bonchev–Trinajstić information content (AvgIpc) is 2.77. The van der Waals surface area contributed by atoms with Crippen LogP contribution in [0.2, 0.25) is 0 Å². The Labute approximate surface area is 176 Å². The molecule has 0 atom stereocenters. The molecule has 0 heterocycles. The number of allylic oxidation sites excluding steroid dienone is 1. The van der Waals surface area contributed by atoms with Crippen LogP contribution >= 0.6 is 0 Å². The normalized spacial score (nSPS) is 11.6. The van der Waals surface area contributed by atoms with E-state index < -0.39 is 9.84 Å². The molecule has 0 saturated carbocycles. The second kappa shape index (κ2) is 9.29. The number of hydrogen-bond acceptors (Lipinski definition) is 5. The Balaban J connectivity index is 1.86. The Bertz CT molecular complexity index is 1190. The van der Waals surface area contributed by atoms with Gasteiger partial charge in [0.15, 0.2) is 11.5 Å². The Hall–Kier alpha value is -3.56. The number of aryl methyl sites for hydroxylation is 1. The van der Waals surface area contributed by atoms with Crippen molar-refractivity contribution in [2.75, 3.05) is 7.11 Å². The topological polar surface area (TPSA) is 76.4 Å². The summed E-state index contributed by atoms with van der Waals surface area (Å²) in [6.45, 7) is 2.39. The van der Waals surface area contributed by atoms with Gasteiger partial charge in [-0.25, -0.2) is 8.42 Å². The lowest BCUT2D eigenvalue weighted by molar-refractivity contribution is 0.284. The van der Waals surface area contributed by atoms with Crippen LogP contribution in [0.1, 0.15) is 16.7 Å². The Kier molecular flexibility index (Phi) is 6.55. The van der Waals surface area contributed by atoms with Crippen LogP contribution in [0.15, 0.2) is 82.6 Å². The van der Waals surface area contributed by atoms with Crippen molar-refractivity contribution in [3.05, 3.63) is 94.4 Å². The summed E-state index contributed by atoms with van der Waals surface area (Å²) in [5.41, 5.74) is 2.71. The van der Waals surface area contributed by atoms with Crippen molar-refractivity contribution in [2.24, 2.45) is 0 Å². The lowest BCUT2D eigenvalue weighted by Gasteiger charge is -2.12. The van der Waals surface area contributed by atoms with Crippen molar-refractivity contribution < 1.29 is 17.9 Å². The van der Waals surface area contributed by atoms with Crippen molar-refractivity contribution in [3.8, 4) is 17.6 Å². The fourth-order valence-corrected chi connectivity index (χ4v) is 3.97. The maximum absolute atomic E-state index is 12.7. The van der Waals surface area contributed by atoms with Crippen LogP contribution in [-0.2, 0) is 16.4 Å². The minimum Gasteiger partial charge on any atom is -0.493 e. The van der Waals surface area contributed by atoms with Gasteiger partial charge in [-0.15, -0.1) is 0 Å². The number of rotatable bonds is 7. The van der Waals surface area contributed by atoms with Gasteiger partial charge in [-0.1, -0.05) is 54.1 Å². The Morgan fingerprint density at radius 3 is 2.33 bits per heavy atom. The first kappa shape index (κ1) is 21.2. The van der Waals surface area contributed by atoms with E-state index in [0.717, 1.165) is 5.56 Å². The average molecular weight is 420 g/mol. The van der Waals surface area contributed by atoms with Gasteiger partial charge in [0.1, 0.15) is 17.6 Å². The zero-order valence-electron chi connectivity index (χ0n) is 16.7. The smallest absolute Gasteiger partial charge is 0.216 e. The molecule has 152 valence electrons. The standard InChI is InChI=1S/C24H21NO4S/c1-18-8-10-19(11-9-18)17-29-23-13-12-20(15-24(23)28-2)14-22(16-25)30(26,27)21-6-4-3-5-7-21/h3-15H,17H2,1-2H3. The molecule has 30 heavy (non-hydrogen) atoms. The molecule has 3 aromatic rings. The summed E-state index contributed by atoms with van der Waals surface area (Å²) in [6, 6.07) is 22.7. The molecule has 0 aliphatic rings. The molecule has 0 fully saturated rings. The number of methoxy groups -OCH3 is 1. The Morgan fingerprint density at radius 1 is 1.00 bits per heavy atom. The van der Waals surface area contributed by atoms with Gasteiger partial charge in [0.25, 0.3) is 0 Å². The first-order valence-corrected chi connectivity index (χ1v) is 10.7. The molecule has 0 aliphatic heterocycles. The predicted molar refractivity (Wildman–Crippen MR) is 116 cm³/mol. The molecule has 0 N–H and O–H groups in total. The summed E-state index contributed by atoms with van der Waals surface area (Å²) >= 11 is 0. The molecule has 6 heteroatoms. The van der Waals surface area contributed by atoms with Crippen LogP contribution in [0.4, 0.5) is 0 Å². The summed E-state index contributed by atoms with van der Waals surface area (Å²) in [7, 11) is -2.39. The first-order chi connectivity index (χ1) is 14.4. The van der Waals surface area contributed by atoms with E-state index >= 15 is 0 Å². The zero-order valence-corrected chi connectivity index (χ0v) is 17.5. The molecule has 0 unspecified atom stereocenters. The van der Waals surface area contributed by atoms with E-state index in [1.165, 1.54) is 30.9 Å². The quantitative estimate of drug-likeness (QED) is 0.508. The molecule has 3 rings (SSSR count). The van der Waals surface area contributed by atoms with E-state index in [-0.39, 0.29) is 9.80 Å². The van der Waals surface area contributed by atoms with Gasteiger partial charge in [-0.05, 0) is 48.4 Å². The maximum Gasteiger partial charge on any atom is 0.216 e. The molecule has 0 aliphatic carbocycles. The highest BCUT2D eigenvalue weighted by Gasteiger charge is 2.20. The fraction of sp³-hybridized carbons (Fsp3) is 0.125. The van der Waals surface area contributed by atoms with E-state index in [9.17, 15) is 13.7 Å². The number of benzene rings is 3. The van der Waals surface area contributed by atoms with Gasteiger partial charge in [0.2, 0.25) is 9.84 Å². The molecular formula is C24H21NO4S. The lowest BCUT2D eigenvalue weighted by Crippen LogP contribution is -2.03. The molecule has 0 aromatic heterocycles. The van der Waals surface area contributed by atoms with Crippen molar-refractivity contribution in [3.63, 3.8) is 0 Å². The van der Waals surface area contributed by atoms with Gasteiger partial charge >= 0.3 is 0 Å². The van der Waals surface area contributed by atoms with Crippen LogP contribution in [0.5, 0.6) is 11.5 Å². The number of nitrogens with zero attached hydrogens (tertiary/aromatic N) is 1. The summed E-state index contributed by atoms with van der Waals surface area (Å²) in [6.07, 6.45) is 1.33. The number of sulfone groups is 1. The van der Waals surface area contributed by atoms with Crippen molar-refractivity contribution >= 4 is 15.9 Å². The molecular weight excluding hydrogens is 398 g/mol. The lowest BCUT2D eigenvalue weighted by atomic mass is 10.1. The molecule has 0 amide bonds. The number of hydrogen-bond donors (Lipinski definition) is 0. The summed E-state index contributed by atoms with van der Waals surface area (Å²) in [4.78, 5) is -0.271. The second-order valence-corrected chi connectivity index (χ2v) is 8.54. The third-order valence-corrected chi connectivity index (χ3v) is 6.13. The predicted octanol–water partition coefficient (Wildman–Crippen LogP) is 4.92. The Morgan fingerprint density at radius 2 is 1.70 bits per heavy atom. The van der Waals surface area contributed by atoms with Gasteiger partial charge in [0.05, 0.1) is 12.0 Å². The number of ether oxygens (including phenoxy) is 2. The fourth-order valence-electron chi connectivity index (χ4n) is 2.79. The van der Waals surface area contributed by atoms with Crippen molar-refractivity contribution in [1.29, 1.82) is 5.26 Å². The third kappa shape index (κ3) is 4.88. The largest absolute Gasteiger partial charge is 0.493 e. The second-order valence-electron chi connectivity index (χ2n) is 6.62. The van der Waals surface area contributed by atoms with Crippen LogP contribution in [-0.4, -0.2) is 15.5 Å². The molecule has 0 bridgehead atoms. The van der Waals surface area contributed by atoms with Gasteiger partial charge < -0.3 is 9.47 Å². The minimum absolute atomic E-state index is 0.0721. The molecule has 0 spiro atoms. The van der Waals surface area contributed by atoms with E-state index in [2.05, 4.69) is 0 Å². The van der Waals surface area contributed by atoms with Gasteiger partial charge in [0, 0.05) is 0 Å². The van der Waals surface area contributed by atoms with E-state index in [1.807, 2.05) is 31.2 Å². The van der Waals surface area contributed by atoms with Crippen LogP contribution in [0, 0.1) is 18.3 Å². The van der Waals surface area contributed by atoms with E-state index in [0.29, 0.717) is 23.7 Å². The van der Waals surface area contributed by atoms with Crippen LogP contribution in [0.3, 0.4) is 0 Å². The summed E-state index contributed by atoms with van der Waals surface area (Å²) < 4.78 is 36.7. The molecule has 3 aromatic carbocycles. The first-order valence-electron chi connectivity index (χ1n) is 9.22. The van der Waals surface area contributed by atoms with Crippen molar-refractivity contribution in [2.45, 2.75) is 18.4 Å².